The number of carbonyl (C=O) groups excluding carboxylic acids is 1. The molecule has 166 valence electrons. The molecule has 0 saturated carbocycles. The van der Waals surface area contributed by atoms with Gasteiger partial charge in [0, 0.05) is 56.9 Å². The number of hydrogen-bond donors (Lipinski definition) is 3. The summed E-state index contributed by atoms with van der Waals surface area (Å²) in [6.07, 6.45) is 3.83. The predicted molar refractivity (Wildman–Crippen MR) is 140 cm³/mol. The monoisotopic (exact) mass is 533 g/mol. The van der Waals surface area contributed by atoms with Crippen LogP contribution < -0.4 is 10.6 Å². The summed E-state index contributed by atoms with van der Waals surface area (Å²) in [4.78, 5) is 21.4. The lowest BCUT2D eigenvalue weighted by Crippen LogP contribution is -2.39. The average molecular weight is 533 g/mol. The SMILES string of the molecule is CN=C(NCCc1cccc(C(=O)N(C)C)c1)NCCc1c[nH]c2cccc(C)c12.I. The van der Waals surface area contributed by atoms with Crippen LogP contribution in [-0.4, -0.2) is 56.0 Å². The Balaban J connectivity index is 0.00000341. The second-order valence-electron chi connectivity index (χ2n) is 7.64. The number of hydrogen-bond acceptors (Lipinski definition) is 2. The maximum atomic E-state index is 12.1. The van der Waals surface area contributed by atoms with Crippen LogP contribution in [0.2, 0.25) is 0 Å². The molecule has 0 spiro atoms. The lowest BCUT2D eigenvalue weighted by Gasteiger charge is -2.13. The Morgan fingerprint density at radius 1 is 1.06 bits per heavy atom. The van der Waals surface area contributed by atoms with E-state index in [1.807, 2.05) is 24.3 Å². The summed E-state index contributed by atoms with van der Waals surface area (Å²) in [7, 11) is 5.31. The quantitative estimate of drug-likeness (QED) is 0.246. The van der Waals surface area contributed by atoms with E-state index in [-0.39, 0.29) is 29.9 Å². The summed E-state index contributed by atoms with van der Waals surface area (Å²) in [5, 5.41) is 8.05. The van der Waals surface area contributed by atoms with Crippen LogP contribution in [0, 0.1) is 6.92 Å². The van der Waals surface area contributed by atoms with E-state index in [0.29, 0.717) is 5.56 Å². The van der Waals surface area contributed by atoms with Gasteiger partial charge in [0.1, 0.15) is 0 Å². The number of nitrogens with one attached hydrogen (secondary N) is 3. The molecule has 0 aliphatic rings. The van der Waals surface area contributed by atoms with Crippen LogP contribution in [-0.2, 0) is 12.8 Å². The van der Waals surface area contributed by atoms with Crippen molar-refractivity contribution in [2.45, 2.75) is 19.8 Å². The largest absolute Gasteiger partial charge is 0.361 e. The van der Waals surface area contributed by atoms with Gasteiger partial charge in [0.15, 0.2) is 5.96 Å². The van der Waals surface area contributed by atoms with Crippen LogP contribution in [0.3, 0.4) is 0 Å². The first-order chi connectivity index (χ1) is 14.5. The molecule has 3 rings (SSSR count). The Hall–Kier alpha value is -2.55. The highest BCUT2D eigenvalue weighted by molar-refractivity contribution is 14.0. The fraction of sp³-hybridized carbons (Fsp3) is 0.333. The highest BCUT2D eigenvalue weighted by Gasteiger charge is 2.09. The summed E-state index contributed by atoms with van der Waals surface area (Å²) in [6, 6.07) is 14.1. The molecule has 31 heavy (non-hydrogen) atoms. The molecule has 3 aromatic rings. The van der Waals surface area contributed by atoms with Crippen molar-refractivity contribution in [1.82, 2.24) is 20.5 Å². The van der Waals surface area contributed by atoms with Gasteiger partial charge in [-0.1, -0.05) is 24.3 Å². The number of aliphatic imine (C=N–C) groups is 1. The second kappa shape index (κ2) is 11.7. The number of H-pyrrole nitrogens is 1. The first kappa shape index (κ1) is 24.7. The Labute approximate surface area is 201 Å². The minimum Gasteiger partial charge on any atom is -0.361 e. The van der Waals surface area contributed by atoms with Crippen molar-refractivity contribution < 1.29 is 4.79 Å². The van der Waals surface area contributed by atoms with Crippen LogP contribution >= 0.6 is 24.0 Å². The maximum absolute atomic E-state index is 12.1. The number of aromatic nitrogens is 1. The van der Waals surface area contributed by atoms with E-state index in [0.717, 1.165) is 37.5 Å². The Kier molecular flexibility index (Phi) is 9.36. The van der Waals surface area contributed by atoms with Crippen molar-refractivity contribution in [1.29, 1.82) is 0 Å². The number of fused-ring (bicyclic) bond motifs is 1. The maximum Gasteiger partial charge on any atom is 0.253 e. The minimum atomic E-state index is 0. The van der Waals surface area contributed by atoms with Gasteiger partial charge in [0.2, 0.25) is 0 Å². The highest BCUT2D eigenvalue weighted by Crippen LogP contribution is 2.22. The van der Waals surface area contributed by atoms with Gasteiger partial charge in [-0.15, -0.1) is 24.0 Å². The lowest BCUT2D eigenvalue weighted by molar-refractivity contribution is 0.0827. The van der Waals surface area contributed by atoms with Crippen LogP contribution in [0.4, 0.5) is 0 Å². The van der Waals surface area contributed by atoms with Crippen molar-refractivity contribution in [3.8, 4) is 0 Å². The van der Waals surface area contributed by atoms with E-state index in [1.165, 1.54) is 22.0 Å². The third-order valence-corrected chi connectivity index (χ3v) is 5.19. The van der Waals surface area contributed by atoms with Crippen molar-refractivity contribution in [3.05, 3.63) is 70.9 Å². The molecular weight excluding hydrogens is 501 g/mol. The molecule has 0 saturated heterocycles. The molecule has 3 N–H and O–H groups in total. The third kappa shape index (κ3) is 6.46. The molecular formula is C24H32IN5O. The number of rotatable bonds is 7. The zero-order chi connectivity index (χ0) is 21.5. The molecule has 7 heteroatoms. The molecule has 0 aliphatic heterocycles. The van der Waals surface area contributed by atoms with Crippen LogP contribution in [0.1, 0.15) is 27.0 Å². The molecule has 1 amide bonds. The molecule has 0 bridgehead atoms. The average Bonchev–Trinajstić information content (AvgIpc) is 3.16. The molecule has 0 atom stereocenters. The number of aromatic amines is 1. The number of carbonyl (C=O) groups is 1. The number of nitrogens with zero attached hydrogens (tertiary/aromatic N) is 2. The number of halogens is 1. The van der Waals surface area contributed by atoms with Crippen LogP contribution in [0.5, 0.6) is 0 Å². The fourth-order valence-electron chi connectivity index (χ4n) is 3.63. The lowest BCUT2D eigenvalue weighted by atomic mass is 10.1. The van der Waals surface area contributed by atoms with Crippen molar-refractivity contribution >= 4 is 46.7 Å². The summed E-state index contributed by atoms with van der Waals surface area (Å²) < 4.78 is 0. The third-order valence-electron chi connectivity index (χ3n) is 5.19. The second-order valence-corrected chi connectivity index (χ2v) is 7.64. The summed E-state index contributed by atoms with van der Waals surface area (Å²) >= 11 is 0. The van der Waals surface area contributed by atoms with E-state index >= 15 is 0 Å². The molecule has 6 nitrogen and oxygen atoms in total. The highest BCUT2D eigenvalue weighted by atomic mass is 127. The van der Waals surface area contributed by atoms with E-state index in [4.69, 9.17) is 0 Å². The zero-order valence-electron chi connectivity index (χ0n) is 18.7. The Bertz CT molecular complexity index is 1040. The van der Waals surface area contributed by atoms with Gasteiger partial charge in [-0.3, -0.25) is 9.79 Å². The van der Waals surface area contributed by atoms with E-state index < -0.39 is 0 Å². The van der Waals surface area contributed by atoms with E-state index in [2.05, 4.69) is 51.9 Å². The van der Waals surface area contributed by atoms with Gasteiger partial charge < -0.3 is 20.5 Å². The molecule has 1 aromatic heterocycles. The molecule has 0 fully saturated rings. The molecule has 0 aliphatic carbocycles. The van der Waals surface area contributed by atoms with Gasteiger partial charge in [-0.2, -0.15) is 0 Å². The molecule has 0 radical (unpaired) electrons. The van der Waals surface area contributed by atoms with E-state index in [1.54, 1.807) is 26.0 Å². The Morgan fingerprint density at radius 3 is 2.48 bits per heavy atom. The van der Waals surface area contributed by atoms with Crippen molar-refractivity contribution in [3.63, 3.8) is 0 Å². The van der Waals surface area contributed by atoms with Crippen LogP contribution in [0.15, 0.2) is 53.7 Å². The topological polar surface area (TPSA) is 72.5 Å². The first-order valence-corrected chi connectivity index (χ1v) is 10.3. The smallest absolute Gasteiger partial charge is 0.253 e. The summed E-state index contributed by atoms with van der Waals surface area (Å²) in [5.74, 6) is 0.807. The van der Waals surface area contributed by atoms with Gasteiger partial charge >= 0.3 is 0 Å². The number of guanidine groups is 1. The minimum absolute atomic E-state index is 0. The van der Waals surface area contributed by atoms with Crippen molar-refractivity contribution in [2.24, 2.45) is 4.99 Å². The standard InChI is InChI=1S/C24H31N5O.HI/c1-17-7-5-10-21-22(17)20(16-28-21)12-14-27-24(25-2)26-13-11-18-8-6-9-19(15-18)23(30)29(3)4;/h5-10,15-16,28H,11-14H2,1-4H3,(H2,25,26,27);1H. The first-order valence-electron chi connectivity index (χ1n) is 10.3. The number of benzene rings is 2. The fourth-order valence-corrected chi connectivity index (χ4v) is 3.63. The summed E-state index contributed by atoms with van der Waals surface area (Å²) in [5.41, 5.74) is 5.63. The molecule has 1 heterocycles. The van der Waals surface area contributed by atoms with Gasteiger partial charge in [0.25, 0.3) is 5.91 Å². The van der Waals surface area contributed by atoms with Crippen LogP contribution in [0.25, 0.3) is 10.9 Å². The number of aryl methyl sites for hydroxylation is 1. The van der Waals surface area contributed by atoms with Gasteiger partial charge in [-0.05, 0) is 54.7 Å². The predicted octanol–water partition coefficient (Wildman–Crippen LogP) is 3.75. The molecule has 0 unspecified atom stereocenters. The summed E-state index contributed by atoms with van der Waals surface area (Å²) in [6.45, 7) is 3.69. The van der Waals surface area contributed by atoms with E-state index in [9.17, 15) is 4.79 Å². The number of amides is 1. The normalized spacial score (nSPS) is 11.2. The molecule has 2 aromatic carbocycles. The zero-order valence-corrected chi connectivity index (χ0v) is 21.0. The van der Waals surface area contributed by atoms with Crippen molar-refractivity contribution in [2.75, 3.05) is 34.2 Å². The van der Waals surface area contributed by atoms with Gasteiger partial charge in [0.05, 0.1) is 0 Å². The Morgan fingerprint density at radius 2 is 1.77 bits per heavy atom. The van der Waals surface area contributed by atoms with Gasteiger partial charge in [-0.25, -0.2) is 0 Å².